The summed E-state index contributed by atoms with van der Waals surface area (Å²) in [7, 11) is 0. The number of hydrogen-bond acceptors (Lipinski definition) is 5. The first kappa shape index (κ1) is 26.6. The van der Waals surface area contributed by atoms with Crippen molar-refractivity contribution in [1.82, 2.24) is 14.8 Å². The molecule has 2 aliphatic rings. The van der Waals surface area contributed by atoms with E-state index in [1.807, 2.05) is 50.2 Å². The standard InChI is InChI=1S/C29H40FN3O3/c1-3-29(30,4-2)21-32-16-13-22(14-17-32)20-36-27-12-11-25(18-31-27)23-7-9-24(10-8-23)28(35)33-15-5-6-26(34)19-33/h7-12,18,22,26,34H,3-6,13-17,19-21H2,1-2H3/t26-/m1/s1. The number of halogens is 1. The van der Waals surface area contributed by atoms with E-state index in [0.29, 0.717) is 56.4 Å². The Labute approximate surface area is 214 Å². The number of amides is 1. The van der Waals surface area contributed by atoms with Gasteiger partial charge in [0.05, 0.1) is 12.7 Å². The van der Waals surface area contributed by atoms with Crippen LogP contribution in [0.4, 0.5) is 4.39 Å². The van der Waals surface area contributed by atoms with Crippen LogP contribution in [0.25, 0.3) is 11.1 Å². The van der Waals surface area contributed by atoms with E-state index in [9.17, 15) is 14.3 Å². The minimum absolute atomic E-state index is 0.0345. The predicted molar refractivity (Wildman–Crippen MR) is 140 cm³/mol. The molecule has 1 aromatic carbocycles. The van der Waals surface area contributed by atoms with Gasteiger partial charge in [0.1, 0.15) is 5.67 Å². The fraction of sp³-hybridized carbons (Fsp3) is 0.586. The van der Waals surface area contributed by atoms with Crippen molar-refractivity contribution in [3.05, 3.63) is 48.2 Å². The SMILES string of the molecule is CCC(F)(CC)CN1CCC(COc2ccc(-c3ccc(C(=O)N4CCC[C@@H](O)C4)cc3)cn2)CC1. The van der Waals surface area contributed by atoms with Gasteiger partial charge in [-0.3, -0.25) is 4.79 Å². The summed E-state index contributed by atoms with van der Waals surface area (Å²) in [6.45, 7) is 7.96. The van der Waals surface area contributed by atoms with Crippen LogP contribution in [0.2, 0.25) is 0 Å². The smallest absolute Gasteiger partial charge is 0.253 e. The third kappa shape index (κ3) is 6.83. The maximum absolute atomic E-state index is 14.7. The molecule has 0 bridgehead atoms. The molecule has 1 N–H and O–H groups in total. The molecule has 4 rings (SSSR count). The van der Waals surface area contributed by atoms with E-state index in [-0.39, 0.29) is 5.91 Å². The Bertz CT molecular complexity index is 970. The van der Waals surface area contributed by atoms with Crippen LogP contribution in [0.1, 0.15) is 62.7 Å². The number of rotatable bonds is 9. The van der Waals surface area contributed by atoms with E-state index in [1.54, 1.807) is 11.1 Å². The number of hydrogen-bond donors (Lipinski definition) is 1. The van der Waals surface area contributed by atoms with Crippen LogP contribution in [0.5, 0.6) is 5.88 Å². The highest BCUT2D eigenvalue weighted by Crippen LogP contribution is 2.26. The maximum atomic E-state index is 14.7. The van der Waals surface area contributed by atoms with Gasteiger partial charge in [-0.2, -0.15) is 0 Å². The highest BCUT2D eigenvalue weighted by molar-refractivity contribution is 5.94. The molecule has 2 aromatic rings. The van der Waals surface area contributed by atoms with Crippen LogP contribution >= 0.6 is 0 Å². The van der Waals surface area contributed by atoms with Crippen LogP contribution in [-0.2, 0) is 0 Å². The number of pyridine rings is 1. The normalized spacial score (nSPS) is 19.9. The Hall–Kier alpha value is -2.51. The van der Waals surface area contributed by atoms with Crippen molar-refractivity contribution in [1.29, 1.82) is 0 Å². The molecule has 7 heteroatoms. The van der Waals surface area contributed by atoms with E-state index in [1.165, 1.54) is 0 Å². The molecule has 2 saturated heterocycles. The number of alkyl halides is 1. The van der Waals surface area contributed by atoms with Gasteiger partial charge in [0, 0.05) is 43.0 Å². The summed E-state index contributed by atoms with van der Waals surface area (Å²) in [5.74, 6) is 1.04. The van der Waals surface area contributed by atoms with Crippen molar-refractivity contribution in [2.45, 2.75) is 64.1 Å². The van der Waals surface area contributed by atoms with Crippen LogP contribution in [0, 0.1) is 5.92 Å². The first-order chi connectivity index (χ1) is 17.4. The number of aliphatic hydroxyl groups excluding tert-OH is 1. The summed E-state index contributed by atoms with van der Waals surface area (Å²) < 4.78 is 20.7. The topological polar surface area (TPSA) is 65.9 Å². The molecule has 0 saturated carbocycles. The second-order valence-corrected chi connectivity index (χ2v) is 10.4. The maximum Gasteiger partial charge on any atom is 0.253 e. The van der Waals surface area contributed by atoms with Crippen LogP contribution in [0.3, 0.4) is 0 Å². The number of likely N-dealkylation sites (tertiary alicyclic amines) is 2. The summed E-state index contributed by atoms with van der Waals surface area (Å²) >= 11 is 0. The zero-order valence-corrected chi connectivity index (χ0v) is 21.7. The zero-order chi connectivity index (χ0) is 25.5. The van der Waals surface area contributed by atoms with Crippen molar-refractivity contribution in [3.8, 4) is 17.0 Å². The largest absolute Gasteiger partial charge is 0.477 e. The Morgan fingerprint density at radius 3 is 2.36 bits per heavy atom. The number of benzene rings is 1. The summed E-state index contributed by atoms with van der Waals surface area (Å²) in [5.41, 5.74) is 1.51. The predicted octanol–water partition coefficient (Wildman–Crippen LogP) is 4.96. The van der Waals surface area contributed by atoms with Crippen molar-refractivity contribution in [3.63, 3.8) is 0 Å². The quantitative estimate of drug-likeness (QED) is 0.530. The number of aromatic nitrogens is 1. The lowest BCUT2D eigenvalue weighted by Gasteiger charge is -2.36. The molecule has 0 spiro atoms. The van der Waals surface area contributed by atoms with E-state index in [4.69, 9.17) is 4.74 Å². The van der Waals surface area contributed by atoms with Crippen molar-refractivity contribution in [2.75, 3.05) is 39.3 Å². The van der Waals surface area contributed by atoms with E-state index < -0.39 is 11.8 Å². The molecule has 3 heterocycles. The number of carbonyl (C=O) groups excluding carboxylic acids is 1. The zero-order valence-electron chi connectivity index (χ0n) is 21.7. The lowest BCUT2D eigenvalue weighted by atomic mass is 9.94. The Balaban J connectivity index is 1.24. The fourth-order valence-corrected chi connectivity index (χ4v) is 5.15. The minimum Gasteiger partial charge on any atom is -0.477 e. The van der Waals surface area contributed by atoms with Crippen LogP contribution < -0.4 is 4.74 Å². The third-order valence-electron chi connectivity index (χ3n) is 7.83. The van der Waals surface area contributed by atoms with Gasteiger partial charge in [0.25, 0.3) is 5.91 Å². The molecular formula is C29H40FN3O3. The molecule has 0 unspecified atom stereocenters. The number of β-amino-alcohol motifs (C(OH)–C–C–N with tert-alkyl or cyclic N) is 1. The van der Waals surface area contributed by atoms with E-state index >= 15 is 0 Å². The average Bonchev–Trinajstić information content (AvgIpc) is 2.92. The summed E-state index contributed by atoms with van der Waals surface area (Å²) in [6, 6.07) is 11.4. The van der Waals surface area contributed by atoms with Crippen molar-refractivity contribution >= 4 is 5.91 Å². The molecule has 1 atom stereocenters. The second kappa shape index (κ2) is 12.2. The number of carbonyl (C=O) groups is 1. The van der Waals surface area contributed by atoms with Gasteiger partial charge >= 0.3 is 0 Å². The number of ether oxygens (including phenoxy) is 1. The number of nitrogens with zero attached hydrogens (tertiary/aromatic N) is 3. The fourth-order valence-electron chi connectivity index (χ4n) is 5.15. The molecule has 196 valence electrons. The highest BCUT2D eigenvalue weighted by Gasteiger charge is 2.30. The molecule has 0 aliphatic carbocycles. The average molecular weight is 498 g/mol. The van der Waals surface area contributed by atoms with Crippen LogP contribution in [0.15, 0.2) is 42.6 Å². The Morgan fingerprint density at radius 1 is 1.06 bits per heavy atom. The Kier molecular flexibility index (Phi) is 8.96. The van der Waals surface area contributed by atoms with Gasteiger partial charge < -0.3 is 19.6 Å². The van der Waals surface area contributed by atoms with Gasteiger partial charge in [0.15, 0.2) is 0 Å². The van der Waals surface area contributed by atoms with Gasteiger partial charge in [-0.25, -0.2) is 9.37 Å². The molecule has 2 fully saturated rings. The molecule has 2 aliphatic heterocycles. The van der Waals surface area contributed by atoms with Crippen molar-refractivity contribution in [2.24, 2.45) is 5.92 Å². The van der Waals surface area contributed by atoms with Crippen LogP contribution in [-0.4, -0.2) is 76.9 Å². The molecule has 0 radical (unpaired) electrons. The lowest BCUT2D eigenvalue weighted by molar-refractivity contribution is 0.0474. The first-order valence-electron chi connectivity index (χ1n) is 13.5. The molecule has 6 nitrogen and oxygen atoms in total. The van der Waals surface area contributed by atoms with E-state index in [2.05, 4.69) is 9.88 Å². The molecular weight excluding hydrogens is 457 g/mol. The van der Waals surface area contributed by atoms with Gasteiger partial charge in [-0.15, -0.1) is 0 Å². The molecule has 1 aromatic heterocycles. The summed E-state index contributed by atoms with van der Waals surface area (Å²) in [6.07, 6.45) is 6.14. The van der Waals surface area contributed by atoms with Gasteiger partial charge in [-0.05, 0) is 81.3 Å². The molecule has 36 heavy (non-hydrogen) atoms. The third-order valence-corrected chi connectivity index (χ3v) is 7.83. The number of piperidine rings is 2. The summed E-state index contributed by atoms with van der Waals surface area (Å²) in [5, 5.41) is 9.84. The van der Waals surface area contributed by atoms with Crippen molar-refractivity contribution < 1.29 is 19.0 Å². The van der Waals surface area contributed by atoms with E-state index in [0.717, 1.165) is 49.9 Å². The van der Waals surface area contributed by atoms with Gasteiger partial charge in [-0.1, -0.05) is 26.0 Å². The second-order valence-electron chi connectivity index (χ2n) is 10.4. The Morgan fingerprint density at radius 2 is 1.75 bits per heavy atom. The monoisotopic (exact) mass is 497 g/mol. The lowest BCUT2D eigenvalue weighted by Crippen LogP contribution is -2.44. The highest BCUT2D eigenvalue weighted by atomic mass is 19.1. The van der Waals surface area contributed by atoms with Gasteiger partial charge in [0.2, 0.25) is 5.88 Å². The first-order valence-corrected chi connectivity index (χ1v) is 13.5. The molecule has 1 amide bonds. The summed E-state index contributed by atoms with van der Waals surface area (Å²) in [4.78, 5) is 21.2. The minimum atomic E-state index is -1.07. The number of aliphatic hydroxyl groups is 1.